The molecular formula is C9H8O8. The van der Waals surface area contributed by atoms with E-state index in [4.69, 9.17) is 0 Å². The van der Waals surface area contributed by atoms with Crippen molar-refractivity contribution < 1.29 is 38.1 Å². The van der Waals surface area contributed by atoms with Gasteiger partial charge in [-0.05, 0) is 13.8 Å². The molecule has 17 heavy (non-hydrogen) atoms. The van der Waals surface area contributed by atoms with Gasteiger partial charge in [-0.25, -0.2) is 0 Å². The topological polar surface area (TPSA) is 105 Å². The molecule has 2 aliphatic rings. The second kappa shape index (κ2) is 3.44. The summed E-state index contributed by atoms with van der Waals surface area (Å²) in [4.78, 5) is 45.1. The number of carbonyl (C=O) groups excluding carboxylic acids is 4. The summed E-state index contributed by atoms with van der Waals surface area (Å²) < 4.78 is 18.1. The van der Waals surface area contributed by atoms with Gasteiger partial charge < -0.3 is 18.9 Å². The summed E-state index contributed by atoms with van der Waals surface area (Å²) in [6.45, 7) is 2.49. The van der Waals surface area contributed by atoms with Crippen LogP contribution in [0.5, 0.6) is 0 Å². The Morgan fingerprint density at radius 2 is 0.941 bits per heavy atom. The summed E-state index contributed by atoms with van der Waals surface area (Å²) >= 11 is 0. The third-order valence-corrected chi connectivity index (χ3v) is 2.32. The van der Waals surface area contributed by atoms with E-state index in [2.05, 4.69) is 18.9 Å². The number of ether oxygens (including phenoxy) is 4. The van der Waals surface area contributed by atoms with E-state index in [1.165, 1.54) is 13.8 Å². The molecule has 0 saturated carbocycles. The molecule has 8 nitrogen and oxygen atoms in total. The van der Waals surface area contributed by atoms with Crippen molar-refractivity contribution in [2.24, 2.45) is 11.8 Å². The van der Waals surface area contributed by atoms with Crippen molar-refractivity contribution in [3.63, 3.8) is 0 Å². The summed E-state index contributed by atoms with van der Waals surface area (Å²) in [5, 5.41) is 0. The lowest BCUT2D eigenvalue weighted by Crippen LogP contribution is -2.58. The molecule has 0 bridgehead atoms. The molecule has 8 heteroatoms. The van der Waals surface area contributed by atoms with Gasteiger partial charge in [-0.3, -0.25) is 19.2 Å². The molecule has 1 spiro atoms. The molecule has 0 radical (unpaired) electrons. The Labute approximate surface area is 94.7 Å². The summed E-state index contributed by atoms with van der Waals surface area (Å²) in [5.41, 5.74) is 0. The molecule has 0 N–H and O–H groups in total. The molecule has 0 aromatic heterocycles. The lowest BCUT2D eigenvalue weighted by molar-refractivity contribution is -0.449. The highest BCUT2D eigenvalue weighted by atomic mass is 17.0. The molecule has 92 valence electrons. The molecule has 0 unspecified atom stereocenters. The molecule has 0 amide bonds. The van der Waals surface area contributed by atoms with Crippen molar-refractivity contribution in [3.8, 4) is 0 Å². The highest BCUT2D eigenvalue weighted by molar-refractivity contribution is 5.99. The van der Waals surface area contributed by atoms with Gasteiger partial charge in [0.25, 0.3) is 0 Å². The lowest BCUT2D eigenvalue weighted by Gasteiger charge is -2.36. The van der Waals surface area contributed by atoms with E-state index >= 15 is 0 Å². The predicted octanol–water partition coefficient (Wildman–Crippen LogP) is -0.930. The maximum Gasteiger partial charge on any atom is 0.619 e. The Bertz CT molecular complexity index is 345. The van der Waals surface area contributed by atoms with E-state index < -0.39 is 41.9 Å². The van der Waals surface area contributed by atoms with Crippen LogP contribution in [0.3, 0.4) is 0 Å². The lowest BCUT2D eigenvalue weighted by atomic mass is 10.1. The molecule has 2 fully saturated rings. The molecule has 0 aromatic carbocycles. The van der Waals surface area contributed by atoms with Crippen molar-refractivity contribution in [1.29, 1.82) is 0 Å². The first kappa shape index (κ1) is 11.4. The van der Waals surface area contributed by atoms with E-state index in [-0.39, 0.29) is 0 Å². The van der Waals surface area contributed by atoms with Gasteiger partial charge in [0.2, 0.25) is 0 Å². The van der Waals surface area contributed by atoms with E-state index in [1.54, 1.807) is 0 Å². The second-order valence-electron chi connectivity index (χ2n) is 3.63. The van der Waals surface area contributed by atoms with E-state index in [1.807, 2.05) is 0 Å². The predicted molar refractivity (Wildman–Crippen MR) is 45.4 cm³/mol. The van der Waals surface area contributed by atoms with Crippen LogP contribution < -0.4 is 0 Å². The Morgan fingerprint density at radius 1 is 0.706 bits per heavy atom. The minimum atomic E-state index is -2.69. The minimum Gasteiger partial charge on any atom is -0.352 e. The molecule has 0 aromatic rings. The van der Waals surface area contributed by atoms with E-state index in [0.717, 1.165) is 0 Å². The monoisotopic (exact) mass is 244 g/mol. The summed E-state index contributed by atoms with van der Waals surface area (Å²) in [5.74, 6) is -6.35. The zero-order valence-corrected chi connectivity index (χ0v) is 8.92. The van der Waals surface area contributed by atoms with Crippen molar-refractivity contribution in [2.45, 2.75) is 20.0 Å². The maximum absolute atomic E-state index is 11.3. The quantitative estimate of drug-likeness (QED) is 0.397. The highest BCUT2D eigenvalue weighted by Gasteiger charge is 2.60. The zero-order valence-electron chi connectivity index (χ0n) is 8.92. The first-order chi connectivity index (χ1) is 7.84. The Kier molecular flexibility index (Phi) is 2.30. The SMILES string of the molecule is CC1C(=O)OC2(OC1=O)OC(=O)C(C)C(=O)O2. The van der Waals surface area contributed by atoms with Gasteiger partial charge in [0.05, 0.1) is 0 Å². The Balaban J connectivity index is 2.26. The van der Waals surface area contributed by atoms with Gasteiger partial charge in [0, 0.05) is 0 Å². The van der Waals surface area contributed by atoms with Crippen LogP contribution in [0.1, 0.15) is 13.8 Å². The average Bonchev–Trinajstić information content (AvgIpc) is 2.22. The molecule has 2 rings (SSSR count). The first-order valence-corrected chi connectivity index (χ1v) is 4.76. The summed E-state index contributed by atoms with van der Waals surface area (Å²) in [6, 6.07) is 0. The van der Waals surface area contributed by atoms with Crippen LogP contribution in [0.15, 0.2) is 0 Å². The van der Waals surface area contributed by atoms with E-state index in [0.29, 0.717) is 0 Å². The third-order valence-electron chi connectivity index (χ3n) is 2.32. The zero-order chi connectivity index (χ0) is 12.8. The smallest absolute Gasteiger partial charge is 0.352 e. The van der Waals surface area contributed by atoms with Crippen molar-refractivity contribution in [2.75, 3.05) is 0 Å². The van der Waals surface area contributed by atoms with Gasteiger partial charge in [-0.15, -0.1) is 0 Å². The van der Waals surface area contributed by atoms with Crippen LogP contribution in [0.2, 0.25) is 0 Å². The van der Waals surface area contributed by atoms with Crippen molar-refractivity contribution in [1.82, 2.24) is 0 Å². The van der Waals surface area contributed by atoms with Crippen LogP contribution in [-0.4, -0.2) is 30.0 Å². The molecule has 0 atom stereocenters. The third kappa shape index (κ3) is 1.71. The number of rotatable bonds is 0. The minimum absolute atomic E-state index is 1.00. The second-order valence-corrected chi connectivity index (χ2v) is 3.63. The molecule has 2 heterocycles. The number of hydrogen-bond acceptors (Lipinski definition) is 8. The fraction of sp³-hybridized carbons (Fsp3) is 0.556. The average molecular weight is 244 g/mol. The Hall–Kier alpha value is -2.12. The number of carbonyl (C=O) groups is 4. The molecule has 0 aliphatic carbocycles. The van der Waals surface area contributed by atoms with Gasteiger partial charge >= 0.3 is 30.0 Å². The number of esters is 4. The van der Waals surface area contributed by atoms with Gasteiger partial charge in [0.1, 0.15) is 0 Å². The van der Waals surface area contributed by atoms with Crippen molar-refractivity contribution in [3.05, 3.63) is 0 Å². The summed E-state index contributed by atoms with van der Waals surface area (Å²) in [7, 11) is 0. The van der Waals surface area contributed by atoms with Crippen LogP contribution in [-0.2, 0) is 38.1 Å². The van der Waals surface area contributed by atoms with Crippen LogP contribution >= 0.6 is 0 Å². The molecule has 2 aliphatic heterocycles. The van der Waals surface area contributed by atoms with Gasteiger partial charge in [0.15, 0.2) is 11.8 Å². The van der Waals surface area contributed by atoms with E-state index in [9.17, 15) is 19.2 Å². The highest BCUT2D eigenvalue weighted by Crippen LogP contribution is 2.31. The fourth-order valence-corrected chi connectivity index (χ4v) is 1.16. The van der Waals surface area contributed by atoms with Crippen LogP contribution in [0.25, 0.3) is 0 Å². The maximum atomic E-state index is 11.3. The largest absolute Gasteiger partial charge is 0.619 e. The van der Waals surface area contributed by atoms with Crippen LogP contribution in [0, 0.1) is 11.8 Å². The van der Waals surface area contributed by atoms with Gasteiger partial charge in [-0.2, -0.15) is 0 Å². The Morgan fingerprint density at radius 3 is 1.18 bits per heavy atom. The number of hydrogen-bond donors (Lipinski definition) is 0. The normalized spacial score (nSPS) is 37.1. The first-order valence-electron chi connectivity index (χ1n) is 4.76. The van der Waals surface area contributed by atoms with Crippen LogP contribution in [0.4, 0.5) is 0 Å². The fourth-order valence-electron chi connectivity index (χ4n) is 1.16. The molecule has 2 saturated heterocycles. The van der Waals surface area contributed by atoms with Crippen molar-refractivity contribution >= 4 is 23.9 Å². The summed E-state index contributed by atoms with van der Waals surface area (Å²) in [6.07, 6.45) is -2.69. The van der Waals surface area contributed by atoms with Gasteiger partial charge in [-0.1, -0.05) is 0 Å². The molecular weight excluding hydrogens is 236 g/mol. The standard InChI is InChI=1S/C9H8O8/c1-3-5(10)14-9(15-6(3)11)16-7(12)4(2)8(13)17-9/h3-4H,1-2H3.